The normalized spacial score (nSPS) is 16.2. The van der Waals surface area contributed by atoms with Crippen LogP contribution in [-0.4, -0.2) is 50.0 Å². The van der Waals surface area contributed by atoms with E-state index in [2.05, 4.69) is 32.4 Å². The fraction of sp³-hybridized carbons (Fsp3) is 0.350. The van der Waals surface area contributed by atoms with Crippen LogP contribution in [0.1, 0.15) is 25.3 Å². The fourth-order valence-electron chi connectivity index (χ4n) is 3.27. The predicted octanol–water partition coefficient (Wildman–Crippen LogP) is 2.84. The Morgan fingerprint density at radius 1 is 1.28 bits per heavy atom. The zero-order valence-electron chi connectivity index (χ0n) is 17.2. The van der Waals surface area contributed by atoms with Crippen molar-refractivity contribution in [2.24, 2.45) is 5.92 Å². The van der Waals surface area contributed by atoms with E-state index in [1.54, 1.807) is 4.90 Å². The summed E-state index contributed by atoms with van der Waals surface area (Å²) in [5.41, 5.74) is 5.97. The van der Waals surface area contributed by atoms with Gasteiger partial charge in [0.05, 0.1) is 34.5 Å². The smallest absolute Gasteiger partial charge is 0.383 e. The predicted molar refractivity (Wildman–Crippen MR) is 111 cm³/mol. The van der Waals surface area contributed by atoms with Crippen LogP contribution in [0.15, 0.2) is 36.9 Å². The van der Waals surface area contributed by atoms with Gasteiger partial charge in [0.1, 0.15) is 5.82 Å². The molecule has 170 valence electrons. The number of piperidine rings is 1. The lowest BCUT2D eigenvalue weighted by Crippen LogP contribution is -2.44. The van der Waals surface area contributed by atoms with Crippen LogP contribution in [0.5, 0.6) is 0 Å². The Kier molecular flexibility index (Phi) is 6.91. The summed E-state index contributed by atoms with van der Waals surface area (Å²) >= 11 is 0. The van der Waals surface area contributed by atoms with Crippen LogP contribution in [0.2, 0.25) is 0 Å². The van der Waals surface area contributed by atoms with Crippen molar-refractivity contribution < 1.29 is 22.8 Å². The minimum Gasteiger partial charge on any atom is -0.383 e. The molecule has 0 saturated carbocycles. The Morgan fingerprint density at radius 2 is 2.06 bits per heavy atom. The molecular formula is C20H22F3N7O2. The number of hydrogen-bond acceptors (Lipinski definition) is 6. The first kappa shape index (κ1) is 23.0. The molecule has 4 heterocycles. The third-order valence-electron chi connectivity index (χ3n) is 4.89. The molecule has 32 heavy (non-hydrogen) atoms. The monoisotopic (exact) mass is 449 g/mol. The van der Waals surface area contributed by atoms with Crippen LogP contribution in [0.25, 0.3) is 10.9 Å². The van der Waals surface area contributed by atoms with Crippen LogP contribution in [0.3, 0.4) is 0 Å². The summed E-state index contributed by atoms with van der Waals surface area (Å²) in [5.74, 6) is -0.450. The number of aromatic amines is 1. The molecule has 0 aliphatic carbocycles. The second-order valence-corrected chi connectivity index (χ2v) is 7.41. The lowest BCUT2D eigenvalue weighted by atomic mass is 10.0. The zero-order chi connectivity index (χ0) is 23.3. The number of aromatic nitrogens is 4. The largest absolute Gasteiger partial charge is 0.417 e. The van der Waals surface area contributed by atoms with Crippen LogP contribution in [-0.2, 0) is 15.8 Å². The number of nitrogens with one attached hydrogen (secondary N) is 2. The molecule has 9 nitrogen and oxygen atoms in total. The Morgan fingerprint density at radius 3 is 2.69 bits per heavy atom. The van der Waals surface area contributed by atoms with Gasteiger partial charge in [-0.05, 0) is 30.9 Å². The van der Waals surface area contributed by atoms with E-state index in [0.717, 1.165) is 25.1 Å². The van der Waals surface area contributed by atoms with Gasteiger partial charge in [0, 0.05) is 25.5 Å². The first-order valence-electron chi connectivity index (χ1n) is 9.82. The highest BCUT2D eigenvalue weighted by molar-refractivity contribution is 6.40. The number of fused-ring (bicyclic) bond motifs is 1. The molecule has 0 bridgehead atoms. The van der Waals surface area contributed by atoms with Gasteiger partial charge in [-0.25, -0.2) is 4.98 Å². The van der Waals surface area contributed by atoms with Gasteiger partial charge in [-0.1, -0.05) is 6.92 Å². The molecule has 3 aromatic rings. The first-order valence-corrected chi connectivity index (χ1v) is 9.82. The molecule has 1 fully saturated rings. The van der Waals surface area contributed by atoms with E-state index in [4.69, 9.17) is 5.73 Å². The molecule has 2 amide bonds. The molecule has 1 unspecified atom stereocenters. The molecule has 0 aromatic carbocycles. The molecule has 4 rings (SSSR count). The summed E-state index contributed by atoms with van der Waals surface area (Å²) < 4.78 is 35.2. The minimum absolute atomic E-state index is 0.318. The molecule has 1 aliphatic rings. The van der Waals surface area contributed by atoms with Crippen molar-refractivity contribution in [2.45, 2.75) is 25.9 Å². The lowest BCUT2D eigenvalue weighted by molar-refractivity contribution is -0.144. The van der Waals surface area contributed by atoms with Crippen molar-refractivity contribution in [3.05, 3.63) is 42.5 Å². The summed E-state index contributed by atoms with van der Waals surface area (Å²) in [6.07, 6.45) is 2.78. The van der Waals surface area contributed by atoms with Gasteiger partial charge < -0.3 is 16.0 Å². The SMILES string of the molecule is CC1CCCN(C(=O)C(=O)Nc2cnc(N)c3cn[nH]c23)C1.FC(F)(F)c1cccnc1. The number of pyridine rings is 2. The number of rotatable bonds is 1. The topological polar surface area (TPSA) is 130 Å². The number of nitrogens with two attached hydrogens (primary N) is 1. The minimum atomic E-state index is -4.27. The Bertz CT molecular complexity index is 1090. The maximum Gasteiger partial charge on any atom is 0.417 e. The van der Waals surface area contributed by atoms with E-state index in [9.17, 15) is 22.8 Å². The summed E-state index contributed by atoms with van der Waals surface area (Å²) in [5, 5.41) is 9.83. The molecule has 0 spiro atoms. The average molecular weight is 449 g/mol. The highest BCUT2D eigenvalue weighted by atomic mass is 19.4. The van der Waals surface area contributed by atoms with E-state index in [-0.39, 0.29) is 0 Å². The number of alkyl halides is 3. The average Bonchev–Trinajstić information content (AvgIpc) is 3.27. The molecule has 4 N–H and O–H groups in total. The first-order chi connectivity index (χ1) is 15.2. The van der Waals surface area contributed by atoms with Crippen LogP contribution < -0.4 is 11.1 Å². The van der Waals surface area contributed by atoms with Crippen LogP contribution in [0, 0.1) is 5.92 Å². The number of nitrogen functional groups attached to an aromatic ring is 1. The van der Waals surface area contributed by atoms with Crippen molar-refractivity contribution in [2.75, 3.05) is 24.1 Å². The van der Waals surface area contributed by atoms with Crippen LogP contribution in [0.4, 0.5) is 24.7 Å². The van der Waals surface area contributed by atoms with Gasteiger partial charge >= 0.3 is 18.0 Å². The van der Waals surface area contributed by atoms with E-state index < -0.39 is 23.6 Å². The highest BCUT2D eigenvalue weighted by Crippen LogP contribution is 2.27. The van der Waals surface area contributed by atoms with Gasteiger partial charge in [0.2, 0.25) is 0 Å². The Labute approximate surface area is 181 Å². The number of H-pyrrole nitrogens is 1. The van der Waals surface area contributed by atoms with Gasteiger partial charge in [-0.2, -0.15) is 18.3 Å². The fourth-order valence-corrected chi connectivity index (χ4v) is 3.27. The standard InChI is InChI=1S/C14H18N6O2.C6H4F3N/c1-8-3-2-4-20(7-8)14(22)13(21)18-10-6-16-12(15)9-5-17-19-11(9)10;7-6(8,9)5-2-1-3-10-4-5/h5-6,8H,2-4,7H2,1H3,(H2,15,16)(H,17,19)(H,18,21);1-4H. The summed E-state index contributed by atoms with van der Waals surface area (Å²) in [4.78, 5) is 33.3. The second kappa shape index (κ2) is 9.62. The Hall–Kier alpha value is -3.70. The number of carbonyl (C=O) groups is 2. The van der Waals surface area contributed by atoms with Crippen molar-refractivity contribution in [3.8, 4) is 0 Å². The number of likely N-dealkylation sites (tertiary alicyclic amines) is 1. The summed E-state index contributed by atoms with van der Waals surface area (Å²) in [7, 11) is 0. The maximum atomic E-state index is 12.2. The molecule has 1 saturated heterocycles. The quantitative estimate of drug-likeness (QED) is 0.490. The zero-order valence-corrected chi connectivity index (χ0v) is 17.2. The number of halogens is 3. The van der Waals surface area contributed by atoms with Crippen molar-refractivity contribution in [1.82, 2.24) is 25.1 Å². The number of amides is 2. The van der Waals surface area contributed by atoms with E-state index in [1.165, 1.54) is 24.7 Å². The molecule has 3 aromatic heterocycles. The van der Waals surface area contributed by atoms with Gasteiger partial charge in [-0.15, -0.1) is 0 Å². The number of anilines is 2. The molecule has 12 heteroatoms. The van der Waals surface area contributed by atoms with Crippen LogP contribution >= 0.6 is 0 Å². The third-order valence-corrected chi connectivity index (χ3v) is 4.89. The van der Waals surface area contributed by atoms with Crippen molar-refractivity contribution in [1.29, 1.82) is 0 Å². The van der Waals surface area contributed by atoms with E-state index in [1.807, 2.05) is 0 Å². The lowest BCUT2D eigenvalue weighted by Gasteiger charge is -2.30. The summed E-state index contributed by atoms with van der Waals surface area (Å²) in [6, 6.07) is 2.23. The number of hydrogen-bond donors (Lipinski definition) is 3. The number of nitrogens with zero attached hydrogens (tertiary/aromatic N) is 4. The van der Waals surface area contributed by atoms with Gasteiger partial charge in [0.15, 0.2) is 0 Å². The van der Waals surface area contributed by atoms with Gasteiger partial charge in [0.25, 0.3) is 0 Å². The van der Waals surface area contributed by atoms with E-state index >= 15 is 0 Å². The van der Waals surface area contributed by atoms with Crippen molar-refractivity contribution in [3.63, 3.8) is 0 Å². The third kappa shape index (κ3) is 5.50. The summed E-state index contributed by atoms with van der Waals surface area (Å²) in [6.45, 7) is 3.32. The second-order valence-electron chi connectivity index (χ2n) is 7.41. The van der Waals surface area contributed by atoms with Crippen molar-refractivity contribution >= 4 is 34.2 Å². The molecular weight excluding hydrogens is 427 g/mol. The van der Waals surface area contributed by atoms with E-state index in [0.29, 0.717) is 41.4 Å². The molecule has 1 aliphatic heterocycles. The maximum absolute atomic E-state index is 12.2. The molecule has 1 atom stereocenters. The Balaban J connectivity index is 0.000000243. The number of carbonyl (C=O) groups excluding carboxylic acids is 2. The molecule has 0 radical (unpaired) electrons. The van der Waals surface area contributed by atoms with Gasteiger partial charge in [-0.3, -0.25) is 19.7 Å². The highest BCUT2D eigenvalue weighted by Gasteiger charge is 2.30.